The van der Waals surface area contributed by atoms with Crippen LogP contribution in [0.1, 0.15) is 18.4 Å². The highest BCUT2D eigenvalue weighted by molar-refractivity contribution is 14.0. The van der Waals surface area contributed by atoms with Crippen molar-refractivity contribution in [1.29, 1.82) is 0 Å². The van der Waals surface area contributed by atoms with Crippen LogP contribution in [0.3, 0.4) is 0 Å². The number of piperidine rings is 1. The van der Waals surface area contributed by atoms with E-state index in [0.29, 0.717) is 19.0 Å². The lowest BCUT2D eigenvalue weighted by molar-refractivity contribution is -0.142. The molecule has 1 fully saturated rings. The molecule has 1 aromatic rings. The molecule has 0 aromatic heterocycles. The summed E-state index contributed by atoms with van der Waals surface area (Å²) in [6, 6.07) is 4.14. The van der Waals surface area contributed by atoms with E-state index in [9.17, 15) is 22.0 Å². The van der Waals surface area contributed by atoms with Crippen molar-refractivity contribution >= 4 is 29.9 Å². The van der Waals surface area contributed by atoms with E-state index in [1.807, 2.05) is 0 Å². The van der Waals surface area contributed by atoms with E-state index in [1.165, 1.54) is 18.0 Å². The fraction of sp³-hybridized carbons (Fsp3) is 0.632. The lowest BCUT2D eigenvalue weighted by atomic mass is 10.0. The van der Waals surface area contributed by atoms with Crippen molar-refractivity contribution in [3.8, 4) is 0 Å². The molecule has 0 radical (unpaired) electrons. The highest BCUT2D eigenvalue weighted by atomic mass is 127. The summed E-state index contributed by atoms with van der Waals surface area (Å²) in [5, 5.41) is 6.33. The Balaban J connectivity index is 0.00000450. The van der Waals surface area contributed by atoms with Crippen LogP contribution in [0.15, 0.2) is 23.2 Å². The standard InChI is InChI=1S/C19H28F5N5.HI/c1-25-18(26-7-10-28(2)13-19(22,23)24)27-15-5-8-29(9-6-15)12-14-3-4-16(20)17(21)11-14;/h3-4,11,15H,5-10,12-13H2,1-2H3,(H2,25,26,27);1H. The zero-order valence-electron chi connectivity index (χ0n) is 17.1. The van der Waals surface area contributed by atoms with Gasteiger partial charge in [-0.15, -0.1) is 24.0 Å². The number of hydrogen-bond acceptors (Lipinski definition) is 3. The van der Waals surface area contributed by atoms with E-state index in [4.69, 9.17) is 0 Å². The fourth-order valence-electron chi connectivity index (χ4n) is 3.27. The van der Waals surface area contributed by atoms with Crippen LogP contribution in [-0.2, 0) is 6.54 Å². The molecule has 1 aromatic carbocycles. The molecule has 0 bridgehead atoms. The monoisotopic (exact) mass is 549 g/mol. The Hall–Kier alpha value is -1.21. The average Bonchev–Trinajstić information content (AvgIpc) is 2.64. The normalized spacial score (nSPS) is 16.5. The zero-order valence-corrected chi connectivity index (χ0v) is 19.4. The largest absolute Gasteiger partial charge is 0.401 e. The summed E-state index contributed by atoms with van der Waals surface area (Å²) < 4.78 is 63.4. The molecule has 1 heterocycles. The number of alkyl halides is 3. The molecule has 2 N–H and O–H groups in total. The van der Waals surface area contributed by atoms with Gasteiger partial charge in [0.15, 0.2) is 17.6 Å². The van der Waals surface area contributed by atoms with E-state index < -0.39 is 24.4 Å². The lowest BCUT2D eigenvalue weighted by Crippen LogP contribution is -2.49. The quantitative estimate of drug-likeness (QED) is 0.238. The third-order valence-corrected chi connectivity index (χ3v) is 4.78. The van der Waals surface area contributed by atoms with Crippen molar-refractivity contribution in [1.82, 2.24) is 20.4 Å². The maximum Gasteiger partial charge on any atom is 0.401 e. The van der Waals surface area contributed by atoms with Gasteiger partial charge in [-0.2, -0.15) is 13.2 Å². The van der Waals surface area contributed by atoms with Crippen molar-refractivity contribution in [2.45, 2.75) is 31.6 Å². The molecule has 0 spiro atoms. The first-order chi connectivity index (χ1) is 13.7. The second-order valence-corrected chi connectivity index (χ2v) is 7.30. The third kappa shape index (κ3) is 9.73. The maximum atomic E-state index is 13.3. The lowest BCUT2D eigenvalue weighted by Gasteiger charge is -2.33. The van der Waals surface area contributed by atoms with Crippen molar-refractivity contribution in [3.05, 3.63) is 35.4 Å². The Morgan fingerprint density at radius 3 is 2.43 bits per heavy atom. The SMILES string of the molecule is CN=C(NCCN(C)CC(F)(F)F)NC1CCN(Cc2ccc(F)c(F)c2)CC1.I. The zero-order chi connectivity index (χ0) is 21.4. The predicted molar refractivity (Wildman–Crippen MR) is 118 cm³/mol. The van der Waals surface area contributed by atoms with Gasteiger partial charge in [-0.05, 0) is 37.6 Å². The van der Waals surface area contributed by atoms with Crippen molar-refractivity contribution in [2.75, 3.05) is 46.8 Å². The molecule has 172 valence electrons. The fourth-order valence-corrected chi connectivity index (χ4v) is 3.27. The molecular formula is C19H29F5IN5. The minimum Gasteiger partial charge on any atom is -0.355 e. The highest BCUT2D eigenvalue weighted by Crippen LogP contribution is 2.16. The Morgan fingerprint density at radius 1 is 1.20 bits per heavy atom. The molecule has 1 saturated heterocycles. The molecule has 0 unspecified atom stereocenters. The molecule has 1 aliphatic heterocycles. The maximum absolute atomic E-state index is 13.3. The van der Waals surface area contributed by atoms with E-state index in [0.717, 1.165) is 37.6 Å². The number of benzene rings is 1. The van der Waals surface area contributed by atoms with Gasteiger partial charge in [0.2, 0.25) is 0 Å². The Bertz CT molecular complexity index is 678. The Kier molecular flexibility index (Phi) is 11.3. The van der Waals surface area contributed by atoms with Gasteiger partial charge < -0.3 is 10.6 Å². The van der Waals surface area contributed by atoms with Gasteiger partial charge in [0.05, 0.1) is 6.54 Å². The van der Waals surface area contributed by atoms with Crippen molar-refractivity contribution < 1.29 is 22.0 Å². The molecule has 11 heteroatoms. The number of halogens is 6. The minimum atomic E-state index is -4.21. The molecule has 2 rings (SSSR count). The summed E-state index contributed by atoms with van der Waals surface area (Å²) >= 11 is 0. The molecule has 0 amide bonds. The molecule has 0 atom stereocenters. The van der Waals surface area contributed by atoms with Crippen LogP contribution in [0.25, 0.3) is 0 Å². The Morgan fingerprint density at radius 2 is 1.87 bits per heavy atom. The van der Waals surface area contributed by atoms with E-state index in [2.05, 4.69) is 20.5 Å². The summed E-state index contributed by atoms with van der Waals surface area (Å²) in [5.74, 6) is -1.13. The van der Waals surface area contributed by atoms with Crippen LogP contribution < -0.4 is 10.6 Å². The molecule has 1 aliphatic rings. The topological polar surface area (TPSA) is 42.9 Å². The van der Waals surface area contributed by atoms with Crippen molar-refractivity contribution in [3.63, 3.8) is 0 Å². The van der Waals surface area contributed by atoms with Crippen LogP contribution in [0.5, 0.6) is 0 Å². The van der Waals surface area contributed by atoms with E-state index in [1.54, 1.807) is 13.1 Å². The van der Waals surface area contributed by atoms with Gasteiger partial charge in [0.1, 0.15) is 0 Å². The molecule has 0 saturated carbocycles. The first-order valence-electron chi connectivity index (χ1n) is 9.55. The summed E-state index contributed by atoms with van der Waals surface area (Å²) in [6.07, 6.45) is -2.51. The Labute approximate surface area is 191 Å². The van der Waals surface area contributed by atoms with Crippen LogP contribution in [0.2, 0.25) is 0 Å². The molecule has 0 aliphatic carbocycles. The molecular weight excluding hydrogens is 520 g/mol. The first kappa shape index (κ1) is 26.8. The number of likely N-dealkylation sites (N-methyl/N-ethyl adjacent to an activating group) is 1. The number of likely N-dealkylation sites (tertiary alicyclic amines) is 1. The van der Waals surface area contributed by atoms with Gasteiger partial charge in [-0.1, -0.05) is 6.07 Å². The summed E-state index contributed by atoms with van der Waals surface area (Å²) in [6.45, 7) is 1.79. The summed E-state index contributed by atoms with van der Waals surface area (Å²) in [5.41, 5.74) is 0.732. The number of nitrogens with one attached hydrogen (secondary N) is 2. The average molecular weight is 549 g/mol. The third-order valence-electron chi connectivity index (χ3n) is 4.78. The van der Waals surface area contributed by atoms with Crippen molar-refractivity contribution in [2.24, 2.45) is 4.99 Å². The van der Waals surface area contributed by atoms with Gasteiger partial charge in [0, 0.05) is 45.8 Å². The number of guanidine groups is 1. The number of nitrogens with zero attached hydrogens (tertiary/aromatic N) is 3. The molecule has 5 nitrogen and oxygen atoms in total. The second kappa shape index (κ2) is 12.6. The number of rotatable bonds is 7. The van der Waals surface area contributed by atoms with E-state index >= 15 is 0 Å². The first-order valence-corrected chi connectivity index (χ1v) is 9.55. The van der Waals surface area contributed by atoms with Gasteiger partial charge >= 0.3 is 6.18 Å². The summed E-state index contributed by atoms with van der Waals surface area (Å²) in [7, 11) is 3.04. The second-order valence-electron chi connectivity index (χ2n) is 7.30. The van der Waals surface area contributed by atoms with Crippen LogP contribution in [0.4, 0.5) is 22.0 Å². The van der Waals surface area contributed by atoms with Crippen LogP contribution in [0, 0.1) is 11.6 Å². The van der Waals surface area contributed by atoms with E-state index in [-0.39, 0.29) is 36.6 Å². The van der Waals surface area contributed by atoms with Gasteiger partial charge in [0.25, 0.3) is 0 Å². The smallest absolute Gasteiger partial charge is 0.355 e. The number of aliphatic imine (C=N–C) groups is 1. The van der Waals surface area contributed by atoms with Gasteiger partial charge in [-0.3, -0.25) is 14.8 Å². The summed E-state index contributed by atoms with van der Waals surface area (Å²) in [4.78, 5) is 7.50. The predicted octanol–water partition coefficient (Wildman–Crippen LogP) is 3.21. The van der Waals surface area contributed by atoms with Gasteiger partial charge in [-0.25, -0.2) is 8.78 Å². The molecule has 30 heavy (non-hydrogen) atoms. The van der Waals surface area contributed by atoms with Crippen LogP contribution >= 0.6 is 24.0 Å². The van der Waals surface area contributed by atoms with Crippen LogP contribution in [-0.4, -0.2) is 74.8 Å². The highest BCUT2D eigenvalue weighted by Gasteiger charge is 2.28. The minimum absolute atomic E-state index is 0. The number of hydrogen-bond donors (Lipinski definition) is 2.